The fourth-order valence-electron chi connectivity index (χ4n) is 2.41. The van der Waals surface area contributed by atoms with E-state index in [-0.39, 0.29) is 29.1 Å². The van der Waals surface area contributed by atoms with E-state index in [0.717, 1.165) is 18.4 Å². The first-order valence-corrected chi connectivity index (χ1v) is 10.1. The van der Waals surface area contributed by atoms with Gasteiger partial charge >= 0.3 is 0 Å². The van der Waals surface area contributed by atoms with E-state index < -0.39 is 21.9 Å². The molecule has 0 spiro atoms. The van der Waals surface area contributed by atoms with Crippen LogP contribution in [0.15, 0.2) is 53.4 Å². The molecule has 0 aliphatic heterocycles. The van der Waals surface area contributed by atoms with Crippen LogP contribution in [0.5, 0.6) is 5.75 Å². The van der Waals surface area contributed by atoms with Crippen molar-refractivity contribution < 1.29 is 22.3 Å². The van der Waals surface area contributed by atoms with Gasteiger partial charge in [-0.3, -0.25) is 4.79 Å². The predicted molar refractivity (Wildman–Crippen MR) is 98.1 cm³/mol. The van der Waals surface area contributed by atoms with Gasteiger partial charge in [-0.05, 0) is 49.6 Å². The van der Waals surface area contributed by atoms with Crippen LogP contribution in [-0.4, -0.2) is 26.5 Å². The maximum Gasteiger partial charge on any atom is 0.261 e. The van der Waals surface area contributed by atoms with Crippen molar-refractivity contribution in [2.24, 2.45) is 0 Å². The van der Waals surface area contributed by atoms with Gasteiger partial charge < -0.3 is 10.1 Å². The normalized spacial score (nSPS) is 15.2. The van der Waals surface area contributed by atoms with Crippen molar-refractivity contribution in [3.63, 3.8) is 0 Å². The molecule has 3 rings (SSSR count). The zero-order valence-corrected chi connectivity index (χ0v) is 15.6. The molecule has 1 saturated carbocycles. The van der Waals surface area contributed by atoms with Crippen LogP contribution in [0.2, 0.25) is 0 Å². The van der Waals surface area contributed by atoms with Gasteiger partial charge in [-0.25, -0.2) is 17.5 Å². The number of carbonyl (C=O) groups is 1. The van der Waals surface area contributed by atoms with E-state index in [2.05, 4.69) is 10.0 Å². The van der Waals surface area contributed by atoms with Gasteiger partial charge in [0.2, 0.25) is 10.0 Å². The Morgan fingerprint density at radius 3 is 2.56 bits per heavy atom. The van der Waals surface area contributed by atoms with Crippen LogP contribution in [0.4, 0.5) is 4.39 Å². The molecule has 1 aliphatic carbocycles. The Morgan fingerprint density at radius 2 is 1.93 bits per heavy atom. The van der Waals surface area contributed by atoms with Crippen molar-refractivity contribution in [1.29, 1.82) is 0 Å². The molecule has 0 bridgehead atoms. The molecule has 6 nitrogen and oxygen atoms in total. The molecule has 1 aliphatic rings. The van der Waals surface area contributed by atoms with Gasteiger partial charge in [-0.1, -0.05) is 18.2 Å². The minimum Gasteiger partial charge on any atom is -0.481 e. The number of ether oxygens (including phenoxy) is 1. The van der Waals surface area contributed by atoms with Gasteiger partial charge in [0.15, 0.2) is 6.10 Å². The molecule has 27 heavy (non-hydrogen) atoms. The van der Waals surface area contributed by atoms with Crippen LogP contribution < -0.4 is 14.8 Å². The molecule has 2 N–H and O–H groups in total. The van der Waals surface area contributed by atoms with E-state index in [1.54, 1.807) is 25.1 Å². The zero-order valence-electron chi connectivity index (χ0n) is 14.8. The van der Waals surface area contributed by atoms with Crippen molar-refractivity contribution in [2.75, 3.05) is 0 Å². The molecule has 144 valence electrons. The third kappa shape index (κ3) is 5.51. The number of nitrogens with one attached hydrogen (secondary N) is 2. The van der Waals surface area contributed by atoms with Crippen LogP contribution >= 0.6 is 0 Å². The number of halogens is 1. The molecular weight excluding hydrogens is 371 g/mol. The van der Waals surface area contributed by atoms with Gasteiger partial charge in [0.25, 0.3) is 5.91 Å². The highest BCUT2D eigenvalue weighted by Gasteiger charge is 2.27. The summed E-state index contributed by atoms with van der Waals surface area (Å²) in [4.78, 5) is 12.3. The Hall–Kier alpha value is -2.45. The SMILES string of the molecule is CC(Oc1cccc(F)c1)C(=O)NCc1ccc(S(=O)(=O)NC2CC2)cc1. The van der Waals surface area contributed by atoms with E-state index in [1.165, 1.54) is 30.3 Å². The van der Waals surface area contributed by atoms with Gasteiger partial charge in [0.1, 0.15) is 11.6 Å². The number of amides is 1. The fraction of sp³-hybridized carbons (Fsp3) is 0.316. The number of rotatable bonds is 8. The van der Waals surface area contributed by atoms with Crippen LogP contribution in [0.3, 0.4) is 0 Å². The Morgan fingerprint density at radius 1 is 1.22 bits per heavy atom. The summed E-state index contributed by atoms with van der Waals surface area (Å²) in [6, 6.07) is 12.0. The highest BCUT2D eigenvalue weighted by molar-refractivity contribution is 7.89. The molecule has 0 aromatic heterocycles. The third-order valence-electron chi connectivity index (χ3n) is 4.08. The largest absolute Gasteiger partial charge is 0.481 e. The standard InChI is InChI=1S/C19H21FN2O4S/c1-13(26-17-4-2-3-15(20)11-17)19(23)21-12-14-5-9-18(10-6-14)27(24,25)22-16-7-8-16/h2-6,9-11,13,16,22H,7-8,12H2,1H3,(H,21,23). The van der Waals surface area contributed by atoms with E-state index in [0.29, 0.717) is 0 Å². The average molecular weight is 392 g/mol. The fourth-order valence-corrected chi connectivity index (χ4v) is 3.71. The lowest BCUT2D eigenvalue weighted by Crippen LogP contribution is -2.35. The van der Waals surface area contributed by atoms with E-state index in [9.17, 15) is 17.6 Å². The zero-order chi connectivity index (χ0) is 19.4. The quantitative estimate of drug-likeness (QED) is 0.722. The number of hydrogen-bond donors (Lipinski definition) is 2. The summed E-state index contributed by atoms with van der Waals surface area (Å²) >= 11 is 0. The predicted octanol–water partition coefficient (Wildman–Crippen LogP) is 2.35. The van der Waals surface area contributed by atoms with Crippen LogP contribution in [0.25, 0.3) is 0 Å². The lowest BCUT2D eigenvalue weighted by Gasteiger charge is -2.15. The monoisotopic (exact) mass is 392 g/mol. The second-order valence-corrected chi connectivity index (χ2v) is 8.19. The Balaban J connectivity index is 1.52. The summed E-state index contributed by atoms with van der Waals surface area (Å²) in [5.74, 6) is -0.520. The van der Waals surface area contributed by atoms with E-state index in [1.807, 2.05) is 0 Å². The van der Waals surface area contributed by atoms with Gasteiger partial charge in [-0.2, -0.15) is 0 Å². The first-order valence-electron chi connectivity index (χ1n) is 8.65. The molecule has 0 saturated heterocycles. The van der Waals surface area contributed by atoms with Crippen molar-refractivity contribution in [2.45, 2.75) is 43.4 Å². The molecule has 2 aromatic rings. The Kier molecular flexibility index (Phi) is 5.76. The number of hydrogen-bond acceptors (Lipinski definition) is 4. The molecule has 0 heterocycles. The lowest BCUT2D eigenvalue weighted by atomic mass is 10.2. The first kappa shape index (κ1) is 19.3. The average Bonchev–Trinajstić information content (AvgIpc) is 3.43. The molecule has 8 heteroatoms. The molecular formula is C19H21FN2O4S. The summed E-state index contributed by atoms with van der Waals surface area (Å²) in [7, 11) is -3.48. The molecule has 2 aromatic carbocycles. The Labute approximate surface area is 157 Å². The van der Waals surface area contributed by atoms with E-state index >= 15 is 0 Å². The number of benzene rings is 2. The smallest absolute Gasteiger partial charge is 0.261 e. The van der Waals surface area contributed by atoms with Crippen LogP contribution in [-0.2, 0) is 21.4 Å². The Bertz CT molecular complexity index is 912. The first-order chi connectivity index (χ1) is 12.8. The second kappa shape index (κ2) is 8.06. The molecule has 0 radical (unpaired) electrons. The topological polar surface area (TPSA) is 84.5 Å². The van der Waals surface area contributed by atoms with Crippen molar-refractivity contribution in [3.8, 4) is 5.75 Å². The maximum atomic E-state index is 13.2. The summed E-state index contributed by atoms with van der Waals surface area (Å²) in [6.45, 7) is 1.80. The maximum absolute atomic E-state index is 13.2. The van der Waals surface area contributed by atoms with E-state index in [4.69, 9.17) is 4.74 Å². The summed E-state index contributed by atoms with van der Waals surface area (Å²) in [5.41, 5.74) is 0.756. The van der Waals surface area contributed by atoms with Crippen molar-refractivity contribution >= 4 is 15.9 Å². The van der Waals surface area contributed by atoms with Gasteiger partial charge in [0, 0.05) is 18.7 Å². The van der Waals surface area contributed by atoms with Crippen molar-refractivity contribution in [3.05, 3.63) is 59.9 Å². The van der Waals surface area contributed by atoms with Crippen LogP contribution in [0, 0.1) is 5.82 Å². The highest BCUT2D eigenvalue weighted by atomic mass is 32.2. The van der Waals surface area contributed by atoms with Gasteiger partial charge in [-0.15, -0.1) is 0 Å². The lowest BCUT2D eigenvalue weighted by molar-refractivity contribution is -0.127. The van der Waals surface area contributed by atoms with Crippen molar-refractivity contribution in [1.82, 2.24) is 10.0 Å². The summed E-state index contributed by atoms with van der Waals surface area (Å²) < 4.78 is 45.4. The molecule has 1 unspecified atom stereocenters. The highest BCUT2D eigenvalue weighted by Crippen LogP contribution is 2.22. The summed E-state index contributed by atoms with van der Waals surface area (Å²) in [5, 5.41) is 2.71. The number of sulfonamides is 1. The molecule has 1 atom stereocenters. The minimum atomic E-state index is -3.48. The minimum absolute atomic E-state index is 0.0496. The third-order valence-corrected chi connectivity index (χ3v) is 5.61. The second-order valence-electron chi connectivity index (χ2n) is 6.47. The van der Waals surface area contributed by atoms with Crippen LogP contribution in [0.1, 0.15) is 25.3 Å². The van der Waals surface area contributed by atoms with Gasteiger partial charge in [0.05, 0.1) is 4.90 Å². The number of carbonyl (C=O) groups excluding carboxylic acids is 1. The summed E-state index contributed by atoms with van der Waals surface area (Å²) in [6.07, 6.45) is 0.951. The molecule has 1 amide bonds. The molecule has 1 fully saturated rings.